The van der Waals surface area contributed by atoms with Gasteiger partial charge in [-0.05, 0) is 37.8 Å². The second-order valence-electron chi connectivity index (χ2n) is 5.36. The summed E-state index contributed by atoms with van der Waals surface area (Å²) in [5, 5.41) is 0. The average Bonchev–Trinajstić information content (AvgIpc) is 2.38. The molecule has 4 heteroatoms. The van der Waals surface area contributed by atoms with Gasteiger partial charge >= 0.3 is 0 Å². The second-order valence-corrected chi connectivity index (χ2v) is 5.36. The molecule has 0 radical (unpaired) electrons. The number of likely N-dealkylation sites (tertiary alicyclic amines) is 1. The fourth-order valence-electron chi connectivity index (χ4n) is 2.49. The summed E-state index contributed by atoms with van der Waals surface area (Å²) in [7, 11) is 0. The monoisotopic (exact) mass is 262 g/mol. The predicted molar refractivity (Wildman–Crippen MR) is 75.9 cm³/mol. The predicted octanol–water partition coefficient (Wildman–Crippen LogP) is 2.29. The van der Waals surface area contributed by atoms with Crippen molar-refractivity contribution in [3.8, 4) is 5.75 Å². The molecule has 0 spiro atoms. The van der Waals surface area contributed by atoms with Crippen molar-refractivity contribution in [2.75, 3.05) is 18.8 Å². The number of ether oxygens (including phenoxy) is 1. The van der Waals surface area contributed by atoms with E-state index in [4.69, 9.17) is 10.5 Å². The van der Waals surface area contributed by atoms with Gasteiger partial charge in [-0.1, -0.05) is 13.0 Å². The van der Waals surface area contributed by atoms with Crippen LogP contribution in [0, 0.1) is 5.92 Å². The number of rotatable bonds is 3. The minimum Gasteiger partial charge on any atom is -0.481 e. The van der Waals surface area contributed by atoms with E-state index >= 15 is 0 Å². The maximum Gasteiger partial charge on any atom is 0.263 e. The maximum absolute atomic E-state index is 12.3. The Hall–Kier alpha value is -1.71. The molecule has 4 nitrogen and oxygen atoms in total. The lowest BCUT2D eigenvalue weighted by Gasteiger charge is -2.32. The van der Waals surface area contributed by atoms with Crippen molar-refractivity contribution in [2.24, 2.45) is 5.92 Å². The Balaban J connectivity index is 1.95. The highest BCUT2D eigenvalue weighted by molar-refractivity contribution is 5.81. The number of anilines is 1. The molecule has 19 heavy (non-hydrogen) atoms. The van der Waals surface area contributed by atoms with Gasteiger partial charge in [-0.2, -0.15) is 0 Å². The molecule has 1 aromatic carbocycles. The van der Waals surface area contributed by atoms with Crippen molar-refractivity contribution in [1.82, 2.24) is 4.90 Å². The molecule has 0 aromatic heterocycles. The number of hydrogen-bond donors (Lipinski definition) is 1. The van der Waals surface area contributed by atoms with Crippen LogP contribution in [0.4, 0.5) is 5.69 Å². The molecule has 2 N–H and O–H groups in total. The molecule has 1 fully saturated rings. The van der Waals surface area contributed by atoms with Crippen LogP contribution in [0.5, 0.6) is 5.75 Å². The molecule has 1 heterocycles. The van der Waals surface area contributed by atoms with E-state index in [1.54, 1.807) is 19.1 Å². The summed E-state index contributed by atoms with van der Waals surface area (Å²) in [6.07, 6.45) is 1.82. The van der Waals surface area contributed by atoms with E-state index in [1.165, 1.54) is 6.42 Å². The van der Waals surface area contributed by atoms with Gasteiger partial charge in [0.25, 0.3) is 5.91 Å². The number of piperidine rings is 1. The third-order valence-corrected chi connectivity index (χ3v) is 3.49. The summed E-state index contributed by atoms with van der Waals surface area (Å²) >= 11 is 0. The van der Waals surface area contributed by atoms with Gasteiger partial charge in [0.05, 0.1) is 0 Å². The first-order valence-electron chi connectivity index (χ1n) is 6.87. The summed E-state index contributed by atoms with van der Waals surface area (Å²) in [5.41, 5.74) is 6.34. The third kappa shape index (κ3) is 3.63. The molecule has 1 aromatic rings. The zero-order chi connectivity index (χ0) is 13.8. The summed E-state index contributed by atoms with van der Waals surface area (Å²) in [6, 6.07) is 7.18. The van der Waals surface area contributed by atoms with Gasteiger partial charge in [0.2, 0.25) is 0 Å². The van der Waals surface area contributed by atoms with E-state index in [1.807, 2.05) is 17.0 Å². The van der Waals surface area contributed by atoms with Gasteiger partial charge in [0.15, 0.2) is 6.10 Å². The number of carbonyl (C=O) groups is 1. The quantitative estimate of drug-likeness (QED) is 0.850. The maximum atomic E-state index is 12.3. The van der Waals surface area contributed by atoms with Crippen molar-refractivity contribution in [2.45, 2.75) is 32.8 Å². The SMILES string of the molecule is C[C@@H]1CCCN(C(=O)[C@@H](C)Oc2cccc(N)c2)C1. The second kappa shape index (κ2) is 5.95. The van der Waals surface area contributed by atoms with Gasteiger partial charge in [0, 0.05) is 24.8 Å². The number of nitrogens with two attached hydrogens (primary N) is 1. The highest BCUT2D eigenvalue weighted by Gasteiger charge is 2.25. The fraction of sp³-hybridized carbons (Fsp3) is 0.533. The highest BCUT2D eigenvalue weighted by atomic mass is 16.5. The molecular weight excluding hydrogens is 240 g/mol. The lowest BCUT2D eigenvalue weighted by molar-refractivity contribution is -0.139. The molecule has 2 rings (SSSR count). The van der Waals surface area contributed by atoms with E-state index < -0.39 is 6.10 Å². The standard InChI is InChI=1S/C15H22N2O2/c1-11-5-4-8-17(10-11)15(18)12(2)19-14-7-3-6-13(16)9-14/h3,6-7,9,11-12H,4-5,8,10,16H2,1-2H3/t11-,12-/m1/s1. The van der Waals surface area contributed by atoms with Crippen LogP contribution in [0.3, 0.4) is 0 Å². The van der Waals surface area contributed by atoms with Crippen LogP contribution in [-0.2, 0) is 4.79 Å². The van der Waals surface area contributed by atoms with Crippen LogP contribution < -0.4 is 10.5 Å². The van der Waals surface area contributed by atoms with Crippen molar-refractivity contribution in [1.29, 1.82) is 0 Å². The molecule has 1 aliphatic rings. The molecule has 1 aliphatic heterocycles. The zero-order valence-corrected chi connectivity index (χ0v) is 11.6. The molecule has 1 amide bonds. The van der Waals surface area contributed by atoms with E-state index in [9.17, 15) is 4.79 Å². The first-order chi connectivity index (χ1) is 9.06. The summed E-state index contributed by atoms with van der Waals surface area (Å²) in [6.45, 7) is 5.66. The number of carbonyl (C=O) groups excluding carboxylic acids is 1. The molecule has 0 bridgehead atoms. The number of nitrogen functional groups attached to an aromatic ring is 1. The number of benzene rings is 1. The molecule has 2 atom stereocenters. The Labute approximate surface area is 114 Å². The Morgan fingerprint density at radius 2 is 2.32 bits per heavy atom. The van der Waals surface area contributed by atoms with E-state index in [2.05, 4.69) is 6.92 Å². The molecule has 104 valence electrons. The van der Waals surface area contributed by atoms with E-state index in [-0.39, 0.29) is 5.91 Å². The van der Waals surface area contributed by atoms with Crippen LogP contribution in [0.2, 0.25) is 0 Å². The lowest BCUT2D eigenvalue weighted by Crippen LogP contribution is -2.45. The van der Waals surface area contributed by atoms with E-state index in [0.29, 0.717) is 17.4 Å². The first-order valence-corrected chi connectivity index (χ1v) is 6.87. The van der Waals surface area contributed by atoms with Gasteiger partial charge in [0.1, 0.15) is 5.75 Å². The molecule has 0 saturated carbocycles. The molecule has 0 aliphatic carbocycles. The average molecular weight is 262 g/mol. The van der Waals surface area contributed by atoms with Crippen LogP contribution in [0.15, 0.2) is 24.3 Å². The van der Waals surface area contributed by atoms with Crippen molar-refractivity contribution < 1.29 is 9.53 Å². The molecule has 1 saturated heterocycles. The topological polar surface area (TPSA) is 55.6 Å². The van der Waals surface area contributed by atoms with Gasteiger partial charge in [-0.25, -0.2) is 0 Å². The van der Waals surface area contributed by atoms with Crippen LogP contribution in [-0.4, -0.2) is 30.0 Å². The Bertz CT molecular complexity index is 448. The smallest absolute Gasteiger partial charge is 0.263 e. The number of amides is 1. The van der Waals surface area contributed by atoms with Gasteiger partial charge < -0.3 is 15.4 Å². The van der Waals surface area contributed by atoms with E-state index in [0.717, 1.165) is 19.5 Å². The van der Waals surface area contributed by atoms with Crippen LogP contribution >= 0.6 is 0 Å². The third-order valence-electron chi connectivity index (χ3n) is 3.49. The lowest BCUT2D eigenvalue weighted by atomic mass is 10.00. The van der Waals surface area contributed by atoms with Crippen LogP contribution in [0.25, 0.3) is 0 Å². The van der Waals surface area contributed by atoms with Crippen molar-refractivity contribution in [3.63, 3.8) is 0 Å². The fourth-order valence-corrected chi connectivity index (χ4v) is 2.49. The van der Waals surface area contributed by atoms with Crippen molar-refractivity contribution >= 4 is 11.6 Å². The summed E-state index contributed by atoms with van der Waals surface area (Å²) < 4.78 is 5.67. The van der Waals surface area contributed by atoms with Gasteiger partial charge in [-0.3, -0.25) is 4.79 Å². The highest BCUT2D eigenvalue weighted by Crippen LogP contribution is 2.19. The summed E-state index contributed by atoms with van der Waals surface area (Å²) in [5.74, 6) is 1.29. The van der Waals surface area contributed by atoms with Gasteiger partial charge in [-0.15, -0.1) is 0 Å². The Kier molecular flexibility index (Phi) is 4.30. The number of hydrogen-bond acceptors (Lipinski definition) is 3. The largest absolute Gasteiger partial charge is 0.481 e. The minimum atomic E-state index is -0.466. The summed E-state index contributed by atoms with van der Waals surface area (Å²) in [4.78, 5) is 14.2. The molecule has 0 unspecified atom stereocenters. The minimum absolute atomic E-state index is 0.0639. The Morgan fingerprint density at radius 1 is 1.53 bits per heavy atom. The number of nitrogens with zero attached hydrogens (tertiary/aromatic N) is 1. The first kappa shape index (κ1) is 13.7. The molecular formula is C15H22N2O2. The normalized spacial score (nSPS) is 20.9. The zero-order valence-electron chi connectivity index (χ0n) is 11.6. The van der Waals surface area contributed by atoms with Crippen molar-refractivity contribution in [3.05, 3.63) is 24.3 Å². The van der Waals surface area contributed by atoms with Crippen LogP contribution in [0.1, 0.15) is 26.7 Å². The Morgan fingerprint density at radius 3 is 3.00 bits per heavy atom.